The third-order valence-corrected chi connectivity index (χ3v) is 7.15. The third-order valence-electron chi connectivity index (χ3n) is 4.77. The lowest BCUT2D eigenvalue weighted by Gasteiger charge is -2.32. The Kier molecular flexibility index (Phi) is 3.91. The van der Waals surface area contributed by atoms with Crippen LogP contribution in [0.4, 0.5) is 0 Å². The molecule has 1 atom stereocenters. The molecule has 24 heavy (non-hydrogen) atoms. The Morgan fingerprint density at radius 1 is 1.29 bits per heavy atom. The van der Waals surface area contributed by atoms with Crippen molar-refractivity contribution in [2.75, 3.05) is 13.2 Å². The van der Waals surface area contributed by atoms with E-state index in [9.17, 15) is 13.5 Å². The number of sulfonamides is 1. The average Bonchev–Trinajstić information content (AvgIpc) is 3.22. The Bertz CT molecular complexity index is 874. The summed E-state index contributed by atoms with van der Waals surface area (Å²) < 4.78 is 33.2. The number of ether oxygens (including phenoxy) is 1. The molecule has 1 aliphatic heterocycles. The molecule has 5 nitrogen and oxygen atoms in total. The Labute approximate surface area is 145 Å². The van der Waals surface area contributed by atoms with Crippen LogP contribution in [-0.4, -0.2) is 26.7 Å². The van der Waals surface area contributed by atoms with E-state index in [1.807, 2.05) is 11.4 Å². The van der Waals surface area contributed by atoms with Crippen molar-refractivity contribution in [2.24, 2.45) is 0 Å². The van der Waals surface area contributed by atoms with E-state index in [-0.39, 0.29) is 11.4 Å². The SMILES string of the molecule is O=S(=O)(NCC1(O)CCCc2sccc21)c1ccc2c(c1)CCO2. The van der Waals surface area contributed by atoms with Gasteiger partial charge < -0.3 is 9.84 Å². The number of hydrogen-bond acceptors (Lipinski definition) is 5. The number of rotatable bonds is 4. The quantitative estimate of drug-likeness (QED) is 0.871. The van der Waals surface area contributed by atoms with Gasteiger partial charge in [-0.15, -0.1) is 11.3 Å². The summed E-state index contributed by atoms with van der Waals surface area (Å²) in [5.74, 6) is 0.753. The largest absolute Gasteiger partial charge is 0.493 e. The lowest BCUT2D eigenvalue weighted by molar-refractivity contribution is 0.0252. The van der Waals surface area contributed by atoms with Crippen LogP contribution in [0.25, 0.3) is 0 Å². The maximum absolute atomic E-state index is 12.6. The summed E-state index contributed by atoms with van der Waals surface area (Å²) in [6.45, 7) is 0.583. The molecule has 0 saturated carbocycles. The average molecular weight is 365 g/mol. The van der Waals surface area contributed by atoms with E-state index in [4.69, 9.17) is 4.74 Å². The molecule has 7 heteroatoms. The van der Waals surface area contributed by atoms with Crippen LogP contribution in [0.1, 0.15) is 28.8 Å². The summed E-state index contributed by atoms with van der Waals surface area (Å²) in [6.07, 6.45) is 3.10. The third kappa shape index (κ3) is 2.75. The fourth-order valence-corrected chi connectivity index (χ4v) is 5.59. The Balaban J connectivity index is 1.55. The van der Waals surface area contributed by atoms with Crippen LogP contribution in [0.2, 0.25) is 0 Å². The van der Waals surface area contributed by atoms with E-state index in [0.29, 0.717) is 13.0 Å². The van der Waals surface area contributed by atoms with Gasteiger partial charge in [0.25, 0.3) is 0 Å². The molecular formula is C17H19NO4S2. The van der Waals surface area contributed by atoms with E-state index in [2.05, 4.69) is 4.72 Å². The monoisotopic (exact) mass is 365 g/mol. The number of nitrogens with one attached hydrogen (secondary N) is 1. The molecule has 0 spiro atoms. The molecule has 2 aromatic rings. The lowest BCUT2D eigenvalue weighted by Crippen LogP contribution is -2.42. The first-order chi connectivity index (χ1) is 11.5. The van der Waals surface area contributed by atoms with E-state index in [0.717, 1.165) is 41.0 Å². The summed E-state index contributed by atoms with van der Waals surface area (Å²) in [4.78, 5) is 1.37. The van der Waals surface area contributed by atoms with Crippen LogP contribution in [0.15, 0.2) is 34.5 Å². The predicted molar refractivity (Wildman–Crippen MR) is 92.0 cm³/mol. The molecule has 1 aromatic carbocycles. The maximum atomic E-state index is 12.6. The molecule has 0 amide bonds. The molecule has 1 aromatic heterocycles. The smallest absolute Gasteiger partial charge is 0.240 e. The van der Waals surface area contributed by atoms with Gasteiger partial charge in [-0.05, 0) is 60.0 Å². The van der Waals surface area contributed by atoms with E-state index >= 15 is 0 Å². The number of fused-ring (bicyclic) bond motifs is 2. The number of thiophene rings is 1. The second kappa shape index (κ2) is 5.84. The Morgan fingerprint density at radius 2 is 2.17 bits per heavy atom. The minimum Gasteiger partial charge on any atom is -0.493 e. The van der Waals surface area contributed by atoms with Crippen LogP contribution in [0, 0.1) is 0 Å². The molecule has 0 radical (unpaired) electrons. The van der Waals surface area contributed by atoms with Gasteiger partial charge >= 0.3 is 0 Å². The van der Waals surface area contributed by atoms with Gasteiger partial charge in [0.1, 0.15) is 11.4 Å². The molecule has 1 aliphatic carbocycles. The van der Waals surface area contributed by atoms with Crippen LogP contribution in [-0.2, 0) is 28.5 Å². The van der Waals surface area contributed by atoms with Gasteiger partial charge in [-0.3, -0.25) is 0 Å². The number of hydrogen-bond donors (Lipinski definition) is 2. The van der Waals surface area contributed by atoms with Gasteiger partial charge in [0.15, 0.2) is 0 Å². The highest BCUT2D eigenvalue weighted by molar-refractivity contribution is 7.89. The minimum absolute atomic E-state index is 0.00729. The van der Waals surface area contributed by atoms with Crippen molar-refractivity contribution >= 4 is 21.4 Å². The predicted octanol–water partition coefficient (Wildman–Crippen LogP) is 2.19. The number of benzene rings is 1. The second-order valence-electron chi connectivity index (χ2n) is 6.34. The fourth-order valence-electron chi connectivity index (χ4n) is 3.44. The molecule has 4 rings (SSSR count). The molecular weight excluding hydrogens is 346 g/mol. The zero-order chi connectivity index (χ0) is 16.8. The van der Waals surface area contributed by atoms with Crippen LogP contribution in [0.5, 0.6) is 5.75 Å². The maximum Gasteiger partial charge on any atom is 0.240 e. The fraction of sp³-hybridized carbons (Fsp3) is 0.412. The van der Waals surface area contributed by atoms with Crippen LogP contribution in [0.3, 0.4) is 0 Å². The highest BCUT2D eigenvalue weighted by Gasteiger charge is 2.36. The number of aliphatic hydroxyl groups is 1. The molecule has 128 valence electrons. The van der Waals surface area contributed by atoms with Gasteiger partial charge in [0.2, 0.25) is 10.0 Å². The normalized spacial score (nSPS) is 22.7. The van der Waals surface area contributed by atoms with Crippen molar-refractivity contribution in [3.8, 4) is 5.75 Å². The van der Waals surface area contributed by atoms with Crippen molar-refractivity contribution < 1.29 is 18.3 Å². The molecule has 0 bridgehead atoms. The van der Waals surface area contributed by atoms with Crippen molar-refractivity contribution in [3.05, 3.63) is 45.6 Å². The minimum atomic E-state index is -3.67. The zero-order valence-electron chi connectivity index (χ0n) is 13.1. The van der Waals surface area contributed by atoms with Crippen molar-refractivity contribution in [2.45, 2.75) is 36.2 Å². The van der Waals surface area contributed by atoms with Gasteiger partial charge in [-0.25, -0.2) is 13.1 Å². The van der Waals surface area contributed by atoms with Crippen LogP contribution < -0.4 is 9.46 Å². The summed E-state index contributed by atoms with van der Waals surface area (Å²) in [5.41, 5.74) is 0.652. The summed E-state index contributed by atoms with van der Waals surface area (Å²) in [6, 6.07) is 6.81. The number of aryl methyl sites for hydroxylation is 1. The van der Waals surface area contributed by atoms with Gasteiger partial charge in [-0.2, -0.15) is 0 Å². The van der Waals surface area contributed by atoms with E-state index < -0.39 is 15.6 Å². The van der Waals surface area contributed by atoms with Gasteiger partial charge in [0, 0.05) is 17.8 Å². The van der Waals surface area contributed by atoms with Crippen molar-refractivity contribution in [3.63, 3.8) is 0 Å². The second-order valence-corrected chi connectivity index (χ2v) is 9.10. The van der Waals surface area contributed by atoms with Gasteiger partial charge in [-0.1, -0.05) is 0 Å². The highest BCUT2D eigenvalue weighted by Crippen LogP contribution is 2.38. The zero-order valence-corrected chi connectivity index (χ0v) is 14.8. The Hall–Kier alpha value is -1.41. The molecule has 2 aliphatic rings. The van der Waals surface area contributed by atoms with Gasteiger partial charge in [0.05, 0.1) is 11.5 Å². The molecule has 0 saturated heterocycles. The molecule has 2 N–H and O–H groups in total. The first-order valence-electron chi connectivity index (χ1n) is 8.03. The summed E-state index contributed by atoms with van der Waals surface area (Å²) in [5, 5.41) is 12.9. The van der Waals surface area contributed by atoms with Crippen LogP contribution >= 0.6 is 11.3 Å². The highest BCUT2D eigenvalue weighted by atomic mass is 32.2. The topological polar surface area (TPSA) is 75.6 Å². The summed E-state index contributed by atoms with van der Waals surface area (Å²) in [7, 11) is -3.67. The van der Waals surface area contributed by atoms with Crippen molar-refractivity contribution in [1.82, 2.24) is 4.72 Å². The summed E-state index contributed by atoms with van der Waals surface area (Å²) >= 11 is 1.62. The lowest BCUT2D eigenvalue weighted by atomic mass is 9.83. The van der Waals surface area contributed by atoms with E-state index in [1.165, 1.54) is 0 Å². The van der Waals surface area contributed by atoms with Crippen molar-refractivity contribution in [1.29, 1.82) is 0 Å². The first kappa shape index (κ1) is 16.1. The first-order valence-corrected chi connectivity index (χ1v) is 10.4. The molecule has 1 unspecified atom stereocenters. The molecule has 2 heterocycles. The Morgan fingerprint density at radius 3 is 3.04 bits per heavy atom. The molecule has 0 fully saturated rings. The van der Waals surface area contributed by atoms with E-state index in [1.54, 1.807) is 29.5 Å². The standard InChI is InChI=1S/C17H19NO4S2/c19-17(7-1-2-16-14(17)6-9-23-16)11-18-24(20,21)13-3-4-15-12(10-13)5-8-22-15/h3-4,6,9-10,18-19H,1-2,5,7-8,11H2.